The summed E-state index contributed by atoms with van der Waals surface area (Å²) in [6, 6.07) is 0. The van der Waals surface area contributed by atoms with Gasteiger partial charge in [-0.15, -0.1) is 0 Å². The molecule has 5 saturated carbocycles. The van der Waals surface area contributed by atoms with E-state index in [-0.39, 0.29) is 57.9 Å². The lowest BCUT2D eigenvalue weighted by molar-refractivity contribution is -0.183. The largest absolute Gasteiger partial charge is 0.481 e. The minimum Gasteiger partial charge on any atom is -0.481 e. The Morgan fingerprint density at radius 3 is 2.38 bits per heavy atom. The maximum absolute atomic E-state index is 13.1. The monoisotopic (exact) mass is 587 g/mol. The molecule has 8 heteroatoms. The van der Waals surface area contributed by atoms with Crippen molar-refractivity contribution in [3.63, 3.8) is 0 Å². The molecule has 2 aliphatic heterocycles. The summed E-state index contributed by atoms with van der Waals surface area (Å²) in [5.41, 5.74) is 0.209. The highest BCUT2D eigenvalue weighted by Gasteiger charge is 2.84. The van der Waals surface area contributed by atoms with Crippen LogP contribution in [0.4, 0.5) is 4.79 Å². The van der Waals surface area contributed by atoms with E-state index in [4.69, 9.17) is 14.2 Å². The number of carboxylic acid groups (broad SMARTS) is 1. The number of aliphatic hydroxyl groups is 1. The van der Waals surface area contributed by atoms with Crippen LogP contribution >= 0.6 is 0 Å². The molecule has 7 fully saturated rings. The first-order valence-electron chi connectivity index (χ1n) is 16.9. The van der Waals surface area contributed by atoms with Crippen LogP contribution < -0.4 is 0 Å². The van der Waals surface area contributed by atoms with Crippen molar-refractivity contribution in [1.29, 1.82) is 0 Å². The Balaban J connectivity index is 1.13. The maximum Gasteiger partial charge on any atom is 0.410 e. The van der Waals surface area contributed by atoms with Gasteiger partial charge in [-0.25, -0.2) is 4.79 Å². The molecule has 5 unspecified atom stereocenters. The average molecular weight is 588 g/mol. The van der Waals surface area contributed by atoms with Crippen molar-refractivity contribution in [2.45, 2.75) is 123 Å². The molecule has 2 N–H and O–H groups in total. The Hall–Kier alpha value is -1.38. The van der Waals surface area contributed by atoms with Gasteiger partial charge in [-0.1, -0.05) is 34.6 Å². The van der Waals surface area contributed by atoms with Crippen LogP contribution in [0.25, 0.3) is 0 Å². The third kappa shape index (κ3) is 3.70. The second-order valence-electron chi connectivity index (χ2n) is 16.5. The second kappa shape index (κ2) is 9.56. The van der Waals surface area contributed by atoms with E-state index in [0.717, 1.165) is 38.5 Å². The third-order valence-electron chi connectivity index (χ3n) is 15.0. The van der Waals surface area contributed by atoms with E-state index in [2.05, 4.69) is 34.6 Å². The summed E-state index contributed by atoms with van der Waals surface area (Å²) in [6.45, 7) is 14.2. The molecule has 2 heterocycles. The highest BCUT2D eigenvalue weighted by atomic mass is 16.6. The summed E-state index contributed by atoms with van der Waals surface area (Å²) in [6.07, 6.45) is 8.29. The molecule has 12 atom stereocenters. The van der Waals surface area contributed by atoms with Crippen molar-refractivity contribution >= 4 is 12.1 Å². The number of ether oxygens (including phenoxy) is 3. The van der Waals surface area contributed by atoms with E-state index in [0.29, 0.717) is 56.4 Å². The summed E-state index contributed by atoms with van der Waals surface area (Å²) >= 11 is 0. The third-order valence-corrected chi connectivity index (χ3v) is 15.0. The standard InChI is InChI=1S/C34H53NO7/c1-20-18-21(6-9-25(36)37)41-27-26(20)31(4)12-13-34-19-33(34)11-10-24(42-29(39)35-14-16-40-17-15-35)30(2,3)22(33)7-8-23(34)32(31,5)28(27)38/h20-24,26-28,38H,6-19H2,1-5H3,(H,36,37)/t20?,21?,22-,23-,24?,26?,27?,28-,31+,32+,33+,34-/m0/s1. The first-order valence-corrected chi connectivity index (χ1v) is 16.9. The number of hydrogen-bond donors (Lipinski definition) is 2. The molecule has 0 aromatic carbocycles. The van der Waals surface area contributed by atoms with Gasteiger partial charge < -0.3 is 29.3 Å². The average Bonchev–Trinajstić information content (AvgIpc) is 3.58. The van der Waals surface area contributed by atoms with Crippen molar-refractivity contribution in [3.05, 3.63) is 0 Å². The molecular weight excluding hydrogens is 534 g/mol. The lowest BCUT2D eigenvalue weighted by Gasteiger charge is -2.63. The molecule has 2 saturated heterocycles. The lowest BCUT2D eigenvalue weighted by Crippen LogP contribution is -2.60. The quantitative estimate of drug-likeness (QED) is 0.447. The molecule has 8 nitrogen and oxygen atoms in total. The van der Waals surface area contributed by atoms with Crippen LogP contribution in [0.15, 0.2) is 0 Å². The SMILES string of the molecule is CC1CC(CCC(=O)O)OC2C1[C@@]1(C)CC[C@@]34C[C@@]35CCC(OC(=O)N3CCOCC3)C(C)(C)[C@@H]5CC[C@H]4[C@]1(C)[C@H]2O. The number of rotatable bonds is 4. The molecule has 7 aliphatic rings. The van der Waals surface area contributed by atoms with Crippen LogP contribution in [0.1, 0.15) is 98.8 Å². The van der Waals surface area contributed by atoms with E-state index in [1.165, 1.54) is 12.8 Å². The van der Waals surface area contributed by atoms with Gasteiger partial charge in [-0.3, -0.25) is 4.79 Å². The first kappa shape index (κ1) is 29.3. The highest BCUT2D eigenvalue weighted by Crippen LogP contribution is 2.89. The number of carbonyl (C=O) groups excluding carboxylic acids is 1. The number of carbonyl (C=O) groups is 2. The van der Waals surface area contributed by atoms with E-state index >= 15 is 0 Å². The fraction of sp³-hybridized carbons (Fsp3) is 0.941. The predicted octanol–water partition coefficient (Wildman–Crippen LogP) is 5.50. The van der Waals surface area contributed by atoms with Crippen LogP contribution in [-0.4, -0.2) is 77.9 Å². The van der Waals surface area contributed by atoms with Crippen LogP contribution in [0.5, 0.6) is 0 Å². The first-order chi connectivity index (χ1) is 19.8. The molecule has 7 rings (SSSR count). The van der Waals surface area contributed by atoms with Gasteiger partial charge in [-0.05, 0) is 97.7 Å². The highest BCUT2D eigenvalue weighted by molar-refractivity contribution is 5.68. The minimum atomic E-state index is -0.779. The lowest BCUT2D eigenvalue weighted by atomic mass is 9.41. The summed E-state index contributed by atoms with van der Waals surface area (Å²) in [4.78, 5) is 26.2. The Bertz CT molecular complexity index is 1120. The van der Waals surface area contributed by atoms with E-state index in [1.54, 1.807) is 4.90 Å². The van der Waals surface area contributed by atoms with Crippen molar-refractivity contribution < 1.29 is 34.0 Å². The van der Waals surface area contributed by atoms with Crippen LogP contribution in [0, 0.1) is 50.7 Å². The van der Waals surface area contributed by atoms with E-state index in [9.17, 15) is 19.8 Å². The molecule has 42 heavy (non-hydrogen) atoms. The number of nitrogens with zero attached hydrogens (tertiary/aromatic N) is 1. The number of aliphatic carboxylic acids is 1. The van der Waals surface area contributed by atoms with Gasteiger partial charge in [0.25, 0.3) is 0 Å². The number of aliphatic hydroxyl groups excluding tert-OH is 1. The summed E-state index contributed by atoms with van der Waals surface area (Å²) in [5, 5.41) is 21.6. The Morgan fingerprint density at radius 2 is 1.67 bits per heavy atom. The van der Waals surface area contributed by atoms with Crippen LogP contribution in [-0.2, 0) is 19.0 Å². The molecule has 0 aromatic heterocycles. The zero-order valence-corrected chi connectivity index (χ0v) is 26.4. The number of fused-ring (bicyclic) bond motifs is 4. The Morgan fingerprint density at radius 1 is 0.976 bits per heavy atom. The molecular formula is C34H53NO7. The van der Waals surface area contributed by atoms with Crippen molar-refractivity contribution in [2.75, 3.05) is 26.3 Å². The molecule has 5 aliphatic carbocycles. The molecule has 2 spiro atoms. The van der Waals surface area contributed by atoms with Crippen LogP contribution in [0.3, 0.4) is 0 Å². The minimum absolute atomic E-state index is 0.00120. The molecule has 0 bridgehead atoms. The predicted molar refractivity (Wildman–Crippen MR) is 156 cm³/mol. The van der Waals surface area contributed by atoms with Crippen molar-refractivity contribution in [2.24, 2.45) is 50.7 Å². The Labute approximate surface area is 251 Å². The Kier molecular flexibility index (Phi) is 6.68. The van der Waals surface area contributed by atoms with Crippen molar-refractivity contribution in [3.8, 4) is 0 Å². The zero-order valence-electron chi connectivity index (χ0n) is 26.4. The van der Waals surface area contributed by atoms with Gasteiger partial charge in [0.2, 0.25) is 0 Å². The molecule has 1 amide bonds. The zero-order chi connectivity index (χ0) is 29.9. The summed E-state index contributed by atoms with van der Waals surface area (Å²) in [7, 11) is 0. The van der Waals surface area contributed by atoms with Gasteiger partial charge in [0.1, 0.15) is 6.10 Å². The van der Waals surface area contributed by atoms with E-state index in [1.807, 2.05) is 0 Å². The van der Waals surface area contributed by atoms with E-state index < -0.39 is 12.1 Å². The number of carboxylic acids is 1. The number of amides is 1. The smallest absolute Gasteiger partial charge is 0.410 e. The summed E-state index contributed by atoms with van der Waals surface area (Å²) < 4.78 is 18.4. The molecule has 236 valence electrons. The fourth-order valence-corrected chi connectivity index (χ4v) is 13.0. The normalized spacial score (nSPS) is 52.2. The molecule has 0 aromatic rings. The van der Waals surface area contributed by atoms with Crippen molar-refractivity contribution in [1.82, 2.24) is 4.90 Å². The number of hydrogen-bond acceptors (Lipinski definition) is 6. The van der Waals surface area contributed by atoms with Gasteiger partial charge >= 0.3 is 12.1 Å². The van der Waals surface area contributed by atoms with Gasteiger partial charge in [0.05, 0.1) is 31.5 Å². The van der Waals surface area contributed by atoms with Gasteiger partial charge in [-0.2, -0.15) is 0 Å². The fourth-order valence-electron chi connectivity index (χ4n) is 13.0. The molecule has 0 radical (unpaired) electrons. The second-order valence-corrected chi connectivity index (χ2v) is 16.5. The van der Waals surface area contributed by atoms with Crippen LogP contribution in [0.2, 0.25) is 0 Å². The maximum atomic E-state index is 13.1. The summed E-state index contributed by atoms with van der Waals surface area (Å²) in [5.74, 6) is 0.895. The number of morpholine rings is 1. The van der Waals surface area contributed by atoms with Gasteiger partial charge in [0, 0.05) is 30.3 Å². The topological polar surface area (TPSA) is 106 Å². The van der Waals surface area contributed by atoms with Gasteiger partial charge in [0.15, 0.2) is 0 Å².